The molecule has 1 aliphatic rings. The highest BCUT2D eigenvalue weighted by Gasteiger charge is 2.22. The zero-order valence-electron chi connectivity index (χ0n) is 14.9. The van der Waals surface area contributed by atoms with Gasteiger partial charge in [-0.05, 0) is 67.3 Å². The molecule has 0 saturated heterocycles. The van der Waals surface area contributed by atoms with Crippen LogP contribution in [-0.2, 0) is 13.1 Å². The van der Waals surface area contributed by atoms with Crippen LogP contribution in [0.1, 0.15) is 47.3 Å². The van der Waals surface area contributed by atoms with E-state index in [9.17, 15) is 14.7 Å². The summed E-state index contributed by atoms with van der Waals surface area (Å²) in [6.07, 6.45) is 2.61. The van der Waals surface area contributed by atoms with Gasteiger partial charge >= 0.3 is 0 Å². The maximum atomic E-state index is 12.4. The number of pyridine rings is 1. The van der Waals surface area contributed by atoms with Crippen molar-refractivity contribution in [2.24, 2.45) is 0 Å². The Labute approximate surface area is 156 Å². The molecule has 0 radical (unpaired) electrons. The molecule has 0 spiro atoms. The number of thiophene rings is 1. The first-order chi connectivity index (χ1) is 12.5. The lowest BCUT2D eigenvalue weighted by Gasteiger charge is -2.26. The van der Waals surface area contributed by atoms with E-state index in [-0.39, 0.29) is 29.2 Å². The average molecular weight is 375 g/mol. The largest absolute Gasteiger partial charge is 0.393 e. The van der Waals surface area contributed by atoms with Gasteiger partial charge < -0.3 is 15.4 Å². The lowest BCUT2D eigenvalue weighted by molar-refractivity contribution is 0.0866. The van der Waals surface area contributed by atoms with Crippen molar-refractivity contribution in [1.29, 1.82) is 0 Å². The van der Waals surface area contributed by atoms with Crippen molar-refractivity contribution in [3.05, 3.63) is 56.1 Å². The highest BCUT2D eigenvalue weighted by molar-refractivity contribution is 7.07. The summed E-state index contributed by atoms with van der Waals surface area (Å²) in [5, 5.41) is 16.6. The van der Waals surface area contributed by atoms with E-state index in [1.54, 1.807) is 23.5 Å². The lowest BCUT2D eigenvalue weighted by atomic mass is 9.93. The topological polar surface area (TPSA) is 85.4 Å². The zero-order valence-corrected chi connectivity index (χ0v) is 15.7. The molecule has 7 heteroatoms. The molecule has 0 unspecified atom stereocenters. The lowest BCUT2D eigenvalue weighted by Crippen LogP contribution is -2.40. The Hall–Kier alpha value is -1.96. The van der Waals surface area contributed by atoms with Gasteiger partial charge in [0.15, 0.2) is 0 Å². The molecule has 1 fully saturated rings. The number of hydrogen-bond donors (Lipinski definition) is 3. The second kappa shape index (κ2) is 8.62. The molecule has 0 atom stereocenters. The van der Waals surface area contributed by atoms with E-state index < -0.39 is 0 Å². The fraction of sp³-hybridized carbons (Fsp3) is 0.474. The van der Waals surface area contributed by atoms with Crippen molar-refractivity contribution in [2.45, 2.75) is 50.9 Å². The van der Waals surface area contributed by atoms with Gasteiger partial charge in [-0.3, -0.25) is 14.5 Å². The molecule has 3 rings (SSSR count). The van der Waals surface area contributed by atoms with Crippen molar-refractivity contribution >= 4 is 17.2 Å². The fourth-order valence-electron chi connectivity index (χ4n) is 3.31. The standard InChI is InChI=1S/C19H25N3O3S/c1-22(10-13-8-9-26-12-13)11-15-4-7-17(19(25)21-15)18(24)20-14-2-5-16(23)6-3-14/h4,7-9,12,14,16,23H,2-3,5-6,10-11H2,1H3,(H,20,24)(H,21,25). The Morgan fingerprint density at radius 3 is 2.69 bits per heavy atom. The number of H-pyrrole nitrogens is 1. The highest BCUT2D eigenvalue weighted by atomic mass is 32.1. The van der Waals surface area contributed by atoms with Crippen LogP contribution in [0.5, 0.6) is 0 Å². The molecule has 2 aromatic heterocycles. The Kier molecular flexibility index (Phi) is 6.24. The number of aliphatic hydroxyl groups excluding tert-OH is 1. The van der Waals surface area contributed by atoms with Crippen LogP contribution in [0.4, 0.5) is 0 Å². The van der Waals surface area contributed by atoms with Gasteiger partial charge in [0.1, 0.15) is 5.56 Å². The molecule has 1 amide bonds. The third kappa shape index (κ3) is 5.03. The van der Waals surface area contributed by atoms with Gasteiger partial charge in [-0.15, -0.1) is 0 Å². The van der Waals surface area contributed by atoms with E-state index in [4.69, 9.17) is 0 Å². The summed E-state index contributed by atoms with van der Waals surface area (Å²) in [6, 6.07) is 5.51. The van der Waals surface area contributed by atoms with Gasteiger partial charge in [0.25, 0.3) is 11.5 Å². The number of aromatic amines is 1. The first-order valence-corrected chi connectivity index (χ1v) is 9.86. The van der Waals surface area contributed by atoms with Crippen LogP contribution < -0.4 is 10.9 Å². The summed E-state index contributed by atoms with van der Waals surface area (Å²) >= 11 is 1.67. The summed E-state index contributed by atoms with van der Waals surface area (Å²) in [7, 11) is 1.99. The minimum Gasteiger partial charge on any atom is -0.393 e. The molecule has 3 N–H and O–H groups in total. The molecule has 0 aliphatic heterocycles. The van der Waals surface area contributed by atoms with E-state index >= 15 is 0 Å². The van der Waals surface area contributed by atoms with Crippen molar-refractivity contribution in [2.75, 3.05) is 7.05 Å². The fourth-order valence-corrected chi connectivity index (χ4v) is 3.97. The van der Waals surface area contributed by atoms with Crippen molar-refractivity contribution in [1.82, 2.24) is 15.2 Å². The Bertz CT molecular complexity index is 780. The summed E-state index contributed by atoms with van der Waals surface area (Å²) in [4.78, 5) is 29.6. The number of nitrogens with zero attached hydrogens (tertiary/aromatic N) is 1. The Morgan fingerprint density at radius 1 is 1.27 bits per heavy atom. The molecular weight excluding hydrogens is 350 g/mol. The zero-order chi connectivity index (χ0) is 18.5. The molecule has 2 heterocycles. The van der Waals surface area contributed by atoms with Crippen LogP contribution >= 0.6 is 11.3 Å². The number of carbonyl (C=O) groups excluding carboxylic acids is 1. The van der Waals surface area contributed by atoms with Crippen molar-refractivity contribution in [3.8, 4) is 0 Å². The second-order valence-corrected chi connectivity index (χ2v) is 7.79. The van der Waals surface area contributed by atoms with E-state index in [0.29, 0.717) is 19.4 Å². The summed E-state index contributed by atoms with van der Waals surface area (Å²) < 4.78 is 0. The third-order valence-electron chi connectivity index (χ3n) is 4.72. The number of rotatable bonds is 6. The number of nitrogens with one attached hydrogen (secondary N) is 2. The molecule has 2 aromatic rings. The van der Waals surface area contributed by atoms with Gasteiger partial charge in [-0.1, -0.05) is 0 Å². The predicted octanol–water partition coefficient (Wildman–Crippen LogP) is 2.10. The summed E-state index contributed by atoms with van der Waals surface area (Å²) in [5.41, 5.74) is 1.80. The highest BCUT2D eigenvalue weighted by Crippen LogP contribution is 2.18. The minimum atomic E-state index is -0.361. The van der Waals surface area contributed by atoms with Crippen molar-refractivity contribution in [3.63, 3.8) is 0 Å². The SMILES string of the molecule is CN(Cc1ccsc1)Cc1ccc(C(=O)NC2CCC(O)CC2)c(=O)[nH]1. The van der Waals surface area contributed by atoms with E-state index in [2.05, 4.69) is 26.6 Å². The van der Waals surface area contributed by atoms with Crippen molar-refractivity contribution < 1.29 is 9.90 Å². The molecule has 26 heavy (non-hydrogen) atoms. The van der Waals surface area contributed by atoms with Crippen LogP contribution in [-0.4, -0.2) is 40.1 Å². The molecule has 0 aromatic carbocycles. The Morgan fingerprint density at radius 2 is 2.04 bits per heavy atom. The Balaban J connectivity index is 1.58. The van der Waals surface area contributed by atoms with Gasteiger partial charge in [0.05, 0.1) is 6.10 Å². The van der Waals surface area contributed by atoms with Crippen LogP contribution in [0.2, 0.25) is 0 Å². The molecule has 1 aliphatic carbocycles. The normalized spacial score (nSPS) is 20.3. The number of amides is 1. The number of aliphatic hydroxyl groups is 1. The molecule has 0 bridgehead atoms. The first kappa shape index (κ1) is 18.8. The maximum absolute atomic E-state index is 12.4. The van der Waals surface area contributed by atoms with E-state index in [1.165, 1.54) is 5.56 Å². The minimum absolute atomic E-state index is 0.0294. The summed E-state index contributed by atoms with van der Waals surface area (Å²) in [6.45, 7) is 1.41. The first-order valence-electron chi connectivity index (χ1n) is 8.92. The number of aromatic nitrogens is 1. The third-order valence-corrected chi connectivity index (χ3v) is 5.45. The quantitative estimate of drug-likeness (QED) is 0.722. The van der Waals surface area contributed by atoms with Crippen LogP contribution in [0.3, 0.4) is 0 Å². The van der Waals surface area contributed by atoms with Crippen LogP contribution in [0, 0.1) is 0 Å². The van der Waals surface area contributed by atoms with Crippen LogP contribution in [0.25, 0.3) is 0 Å². The number of hydrogen-bond acceptors (Lipinski definition) is 5. The second-order valence-electron chi connectivity index (χ2n) is 7.01. The molecule has 1 saturated carbocycles. The average Bonchev–Trinajstić information content (AvgIpc) is 3.09. The van der Waals surface area contributed by atoms with Gasteiger partial charge in [-0.2, -0.15) is 11.3 Å². The smallest absolute Gasteiger partial charge is 0.261 e. The number of carbonyl (C=O) groups is 1. The van der Waals surface area contributed by atoms with E-state index in [0.717, 1.165) is 25.1 Å². The van der Waals surface area contributed by atoms with Gasteiger partial charge in [0, 0.05) is 24.8 Å². The predicted molar refractivity (Wildman–Crippen MR) is 102 cm³/mol. The van der Waals surface area contributed by atoms with Gasteiger partial charge in [-0.25, -0.2) is 0 Å². The molecule has 140 valence electrons. The molecule has 6 nitrogen and oxygen atoms in total. The van der Waals surface area contributed by atoms with E-state index in [1.807, 2.05) is 12.4 Å². The molecular formula is C19H25N3O3S. The van der Waals surface area contributed by atoms with Gasteiger partial charge in [0.2, 0.25) is 0 Å². The monoisotopic (exact) mass is 375 g/mol. The maximum Gasteiger partial charge on any atom is 0.261 e. The summed E-state index contributed by atoms with van der Waals surface area (Å²) in [5.74, 6) is -0.342. The van der Waals surface area contributed by atoms with Crippen LogP contribution in [0.15, 0.2) is 33.8 Å².